The van der Waals surface area contributed by atoms with E-state index in [1.165, 1.54) is 0 Å². The summed E-state index contributed by atoms with van der Waals surface area (Å²) in [7, 11) is 0. The summed E-state index contributed by atoms with van der Waals surface area (Å²) in [5, 5.41) is 4.85. The maximum atomic E-state index is 13.1. The van der Waals surface area contributed by atoms with Crippen molar-refractivity contribution in [3.05, 3.63) is 105 Å². The van der Waals surface area contributed by atoms with Crippen LogP contribution in [0.3, 0.4) is 0 Å². The molecule has 0 aromatic heterocycles. The third-order valence-electron chi connectivity index (χ3n) is 6.64. The number of nitrogens with one attached hydrogen (secondary N) is 1. The van der Waals surface area contributed by atoms with E-state index in [1.807, 2.05) is 31.2 Å². The second kappa shape index (κ2) is 10.4. The zero-order valence-electron chi connectivity index (χ0n) is 19.7. The van der Waals surface area contributed by atoms with Gasteiger partial charge in [-0.25, -0.2) is 9.59 Å². The van der Waals surface area contributed by atoms with Crippen LogP contribution >= 0.6 is 23.2 Å². The molecule has 0 saturated heterocycles. The van der Waals surface area contributed by atoms with Crippen molar-refractivity contribution in [2.45, 2.75) is 31.7 Å². The predicted octanol–water partition coefficient (Wildman–Crippen LogP) is 7.61. The number of allylic oxidation sites excluding steroid dienone is 2. The number of para-hydroxylation sites is 1. The van der Waals surface area contributed by atoms with E-state index in [9.17, 15) is 9.59 Å². The molecule has 2 aliphatic rings. The van der Waals surface area contributed by atoms with Crippen LogP contribution in [0.5, 0.6) is 5.75 Å². The number of anilines is 1. The highest BCUT2D eigenvalue weighted by Crippen LogP contribution is 2.51. The van der Waals surface area contributed by atoms with Gasteiger partial charge in [-0.05, 0) is 72.4 Å². The molecule has 5 rings (SSSR count). The number of benzene rings is 3. The number of rotatable bonds is 6. The van der Waals surface area contributed by atoms with E-state index in [0.717, 1.165) is 23.2 Å². The van der Waals surface area contributed by atoms with E-state index in [1.54, 1.807) is 36.4 Å². The number of hydrogen-bond donors (Lipinski definition) is 1. The van der Waals surface area contributed by atoms with Crippen LogP contribution in [0.4, 0.5) is 5.69 Å². The fourth-order valence-electron chi connectivity index (χ4n) is 4.94. The molecule has 1 heterocycles. The van der Waals surface area contributed by atoms with Crippen LogP contribution in [0.2, 0.25) is 10.0 Å². The van der Waals surface area contributed by atoms with Gasteiger partial charge in [0.25, 0.3) is 0 Å². The molecule has 3 aromatic rings. The molecule has 3 atom stereocenters. The Morgan fingerprint density at radius 3 is 2.64 bits per heavy atom. The smallest absolute Gasteiger partial charge is 0.343 e. The van der Waals surface area contributed by atoms with Gasteiger partial charge in [0.1, 0.15) is 11.3 Å². The minimum absolute atomic E-state index is 0.0149. The Bertz CT molecular complexity index is 1350. The number of halogens is 2. The van der Waals surface area contributed by atoms with Crippen molar-refractivity contribution < 1.29 is 19.1 Å². The third-order valence-corrected chi connectivity index (χ3v) is 7.21. The summed E-state index contributed by atoms with van der Waals surface area (Å²) in [6, 6.07) is 17.7. The highest BCUT2D eigenvalue weighted by atomic mass is 35.5. The number of esters is 2. The average molecular weight is 522 g/mol. The molecule has 7 heteroatoms. The van der Waals surface area contributed by atoms with Gasteiger partial charge in [0.15, 0.2) is 0 Å². The Kier molecular flexibility index (Phi) is 7.04. The topological polar surface area (TPSA) is 64.6 Å². The van der Waals surface area contributed by atoms with E-state index in [4.69, 9.17) is 32.7 Å². The molecule has 36 heavy (non-hydrogen) atoms. The predicted molar refractivity (Wildman–Crippen MR) is 141 cm³/mol. The first kappa shape index (κ1) is 24.4. The normalized spacial score (nSPS) is 19.7. The Morgan fingerprint density at radius 2 is 1.83 bits per heavy atom. The monoisotopic (exact) mass is 521 g/mol. The lowest BCUT2D eigenvalue weighted by Crippen LogP contribution is -2.29. The molecule has 0 unspecified atom stereocenters. The molecule has 0 radical (unpaired) electrons. The minimum Gasteiger partial charge on any atom is -0.462 e. The Morgan fingerprint density at radius 1 is 1.00 bits per heavy atom. The zero-order chi connectivity index (χ0) is 25.2. The van der Waals surface area contributed by atoms with Gasteiger partial charge in [-0.2, -0.15) is 0 Å². The SMILES string of the molecule is CCCOC(=O)c1ccccc1OC(=O)c1ccc2c(c1)[C@@H]1C=CC[C@H]1[C@H](c1ccc(Cl)cc1Cl)N2. The largest absolute Gasteiger partial charge is 0.462 e. The van der Waals surface area contributed by atoms with Gasteiger partial charge < -0.3 is 14.8 Å². The number of carbonyl (C=O) groups excluding carboxylic acids is 2. The van der Waals surface area contributed by atoms with E-state index in [0.29, 0.717) is 28.6 Å². The van der Waals surface area contributed by atoms with Gasteiger partial charge in [0.05, 0.1) is 18.2 Å². The second-order valence-electron chi connectivity index (χ2n) is 8.96. The van der Waals surface area contributed by atoms with Gasteiger partial charge in [-0.3, -0.25) is 0 Å². The first-order valence-corrected chi connectivity index (χ1v) is 12.7. The Hall–Kier alpha value is -3.28. The molecule has 0 fully saturated rings. The number of hydrogen-bond acceptors (Lipinski definition) is 5. The first-order valence-electron chi connectivity index (χ1n) is 12.0. The molecular weight excluding hydrogens is 497 g/mol. The Balaban J connectivity index is 1.41. The van der Waals surface area contributed by atoms with Crippen molar-refractivity contribution >= 4 is 40.8 Å². The second-order valence-corrected chi connectivity index (χ2v) is 9.81. The van der Waals surface area contributed by atoms with Crippen molar-refractivity contribution in [1.82, 2.24) is 0 Å². The number of ether oxygens (including phenoxy) is 2. The van der Waals surface area contributed by atoms with Crippen LogP contribution in [-0.2, 0) is 4.74 Å². The maximum Gasteiger partial charge on any atom is 0.343 e. The lowest BCUT2D eigenvalue weighted by molar-refractivity contribution is 0.0499. The van der Waals surface area contributed by atoms with Gasteiger partial charge >= 0.3 is 11.9 Å². The van der Waals surface area contributed by atoms with Crippen LogP contribution < -0.4 is 10.1 Å². The van der Waals surface area contributed by atoms with E-state index >= 15 is 0 Å². The highest BCUT2D eigenvalue weighted by Gasteiger charge is 2.39. The van der Waals surface area contributed by atoms with Crippen molar-refractivity contribution in [1.29, 1.82) is 0 Å². The molecule has 1 N–H and O–H groups in total. The van der Waals surface area contributed by atoms with Crippen LogP contribution in [0, 0.1) is 5.92 Å². The lowest BCUT2D eigenvalue weighted by atomic mass is 9.76. The van der Waals surface area contributed by atoms with E-state index in [-0.39, 0.29) is 29.2 Å². The fourth-order valence-corrected chi connectivity index (χ4v) is 5.46. The molecule has 184 valence electrons. The first-order chi connectivity index (χ1) is 17.5. The molecule has 1 aliphatic carbocycles. The van der Waals surface area contributed by atoms with Crippen molar-refractivity contribution in [2.75, 3.05) is 11.9 Å². The molecular formula is C29H25Cl2NO4. The van der Waals surface area contributed by atoms with Gasteiger partial charge in [-0.15, -0.1) is 0 Å². The van der Waals surface area contributed by atoms with Crippen LogP contribution in [-0.4, -0.2) is 18.5 Å². The average Bonchev–Trinajstić information content (AvgIpc) is 3.37. The molecule has 0 saturated carbocycles. The molecule has 1 aliphatic heterocycles. The van der Waals surface area contributed by atoms with Crippen LogP contribution in [0.15, 0.2) is 72.8 Å². The quantitative estimate of drug-likeness (QED) is 0.205. The minimum atomic E-state index is -0.532. The number of carbonyl (C=O) groups is 2. The maximum absolute atomic E-state index is 13.1. The summed E-state index contributed by atoms with van der Waals surface area (Å²) in [6.07, 6.45) is 5.96. The summed E-state index contributed by atoms with van der Waals surface area (Å²) >= 11 is 12.7. The lowest BCUT2D eigenvalue weighted by Gasteiger charge is -2.38. The summed E-state index contributed by atoms with van der Waals surface area (Å²) in [5.41, 5.74) is 3.61. The summed E-state index contributed by atoms with van der Waals surface area (Å²) < 4.78 is 10.9. The molecule has 5 nitrogen and oxygen atoms in total. The summed E-state index contributed by atoms with van der Waals surface area (Å²) in [5.74, 6) is -0.496. The van der Waals surface area contributed by atoms with Gasteiger partial charge in [0, 0.05) is 21.7 Å². The van der Waals surface area contributed by atoms with Crippen LogP contribution in [0.1, 0.15) is 63.6 Å². The number of fused-ring (bicyclic) bond motifs is 3. The molecule has 0 bridgehead atoms. The molecule has 0 spiro atoms. The third kappa shape index (κ3) is 4.73. The van der Waals surface area contributed by atoms with E-state index in [2.05, 4.69) is 17.5 Å². The molecule has 0 amide bonds. The highest BCUT2D eigenvalue weighted by molar-refractivity contribution is 6.35. The Labute approximate surface area is 220 Å². The standard InChI is InChI=1S/C29H25Cl2NO4/c1-2-14-35-29(34)22-6-3-4-9-26(22)36-28(33)17-10-13-25-23(15-17)19-7-5-8-20(19)27(32-25)21-12-11-18(30)16-24(21)31/h3-7,9-13,15-16,19-20,27,32H,2,8,14H2,1H3/t19-,20-,27-/m1/s1. The summed E-state index contributed by atoms with van der Waals surface area (Å²) in [6.45, 7) is 2.22. The van der Waals surface area contributed by atoms with Crippen LogP contribution in [0.25, 0.3) is 0 Å². The van der Waals surface area contributed by atoms with Gasteiger partial charge in [-0.1, -0.05) is 60.5 Å². The fraction of sp³-hybridized carbons (Fsp3) is 0.241. The van der Waals surface area contributed by atoms with Gasteiger partial charge in [0.2, 0.25) is 0 Å². The molecule has 3 aromatic carbocycles. The van der Waals surface area contributed by atoms with Crippen molar-refractivity contribution in [3.63, 3.8) is 0 Å². The van der Waals surface area contributed by atoms with Crippen molar-refractivity contribution in [2.24, 2.45) is 5.92 Å². The van der Waals surface area contributed by atoms with E-state index < -0.39 is 11.9 Å². The zero-order valence-corrected chi connectivity index (χ0v) is 21.2. The van der Waals surface area contributed by atoms with Crippen molar-refractivity contribution in [3.8, 4) is 5.75 Å². The summed E-state index contributed by atoms with van der Waals surface area (Å²) in [4.78, 5) is 25.5.